The van der Waals surface area contributed by atoms with E-state index in [0.717, 1.165) is 17.7 Å². The zero-order chi connectivity index (χ0) is 22.5. The number of carbonyl (C=O) groups excluding carboxylic acids is 1. The van der Waals surface area contributed by atoms with Gasteiger partial charge in [0, 0.05) is 18.2 Å². The van der Waals surface area contributed by atoms with Crippen LogP contribution < -0.4 is 21.3 Å². The monoisotopic (exact) mass is 492 g/mol. The van der Waals surface area contributed by atoms with Crippen molar-refractivity contribution in [1.82, 2.24) is 14.9 Å². The van der Waals surface area contributed by atoms with Gasteiger partial charge in [-0.3, -0.25) is 14.2 Å². The molecule has 0 unspecified atom stereocenters. The fourth-order valence-corrected chi connectivity index (χ4v) is 3.23. The molecular weight excluding hydrogens is 474 g/mol. The second-order valence-electron chi connectivity index (χ2n) is 6.59. The topological polar surface area (TPSA) is 99.2 Å². The predicted molar refractivity (Wildman–Crippen MR) is 114 cm³/mol. The maximum absolute atomic E-state index is 13.8. The van der Waals surface area contributed by atoms with Crippen LogP contribution in [0.5, 0.6) is 5.88 Å². The number of aromatic nitrogens is 2. The Labute approximate surface area is 185 Å². The van der Waals surface area contributed by atoms with Crippen molar-refractivity contribution in [1.29, 1.82) is 0 Å². The largest absolute Gasteiger partial charge is 0.472 e. The third kappa shape index (κ3) is 5.33. The Hall–Kier alpha value is -3.11. The third-order valence-corrected chi connectivity index (χ3v) is 5.07. The number of nitrogens with two attached hydrogens (primary N) is 1. The molecule has 0 aliphatic rings. The van der Waals surface area contributed by atoms with Gasteiger partial charge in [0.1, 0.15) is 28.5 Å². The number of nitrogens with zero attached hydrogens (tertiary/aromatic N) is 2. The highest BCUT2D eigenvalue weighted by molar-refractivity contribution is 9.10. The van der Waals surface area contributed by atoms with Crippen LogP contribution in [0.25, 0.3) is 5.69 Å². The SMILES string of the molecule is Cc1nc(OCc2ccc(F)cc2F)c(Br)c(=O)n1-c1cccc(CNC(=O)CN)c1. The van der Waals surface area contributed by atoms with Gasteiger partial charge in [-0.15, -0.1) is 0 Å². The number of halogens is 3. The lowest BCUT2D eigenvalue weighted by atomic mass is 10.2. The number of amides is 1. The molecule has 162 valence electrons. The zero-order valence-electron chi connectivity index (χ0n) is 16.5. The smallest absolute Gasteiger partial charge is 0.276 e. The molecule has 0 aliphatic carbocycles. The van der Waals surface area contributed by atoms with Crippen molar-refractivity contribution in [3.63, 3.8) is 0 Å². The second kappa shape index (κ2) is 9.80. The first-order chi connectivity index (χ1) is 14.8. The first-order valence-corrected chi connectivity index (χ1v) is 10.0. The van der Waals surface area contributed by atoms with Gasteiger partial charge in [0.2, 0.25) is 11.8 Å². The number of benzene rings is 2. The third-order valence-electron chi connectivity index (χ3n) is 4.39. The van der Waals surface area contributed by atoms with Crippen LogP contribution in [0.4, 0.5) is 8.78 Å². The first kappa shape index (κ1) is 22.6. The Kier molecular flexibility index (Phi) is 7.13. The van der Waals surface area contributed by atoms with Crippen molar-refractivity contribution in [3.8, 4) is 11.6 Å². The van der Waals surface area contributed by atoms with Crippen molar-refractivity contribution < 1.29 is 18.3 Å². The number of rotatable bonds is 7. The van der Waals surface area contributed by atoms with Gasteiger partial charge in [0.05, 0.1) is 12.2 Å². The van der Waals surface area contributed by atoms with E-state index in [4.69, 9.17) is 10.5 Å². The average molecular weight is 493 g/mol. The van der Waals surface area contributed by atoms with Crippen molar-refractivity contribution in [2.45, 2.75) is 20.1 Å². The summed E-state index contributed by atoms with van der Waals surface area (Å²) >= 11 is 3.20. The van der Waals surface area contributed by atoms with E-state index in [1.165, 1.54) is 10.6 Å². The summed E-state index contributed by atoms with van der Waals surface area (Å²) in [5.41, 5.74) is 6.31. The lowest BCUT2D eigenvalue weighted by Gasteiger charge is -2.14. The van der Waals surface area contributed by atoms with Crippen LogP contribution >= 0.6 is 15.9 Å². The lowest BCUT2D eigenvalue weighted by molar-refractivity contribution is -0.119. The van der Waals surface area contributed by atoms with Gasteiger partial charge in [0.25, 0.3) is 5.56 Å². The minimum atomic E-state index is -0.750. The van der Waals surface area contributed by atoms with Crippen LogP contribution in [0.2, 0.25) is 0 Å². The summed E-state index contributed by atoms with van der Waals surface area (Å²) in [6, 6.07) is 10.2. The van der Waals surface area contributed by atoms with Crippen molar-refractivity contribution in [2.75, 3.05) is 6.54 Å². The minimum absolute atomic E-state index is 0.00570. The van der Waals surface area contributed by atoms with E-state index in [-0.39, 0.29) is 41.5 Å². The van der Waals surface area contributed by atoms with Gasteiger partial charge >= 0.3 is 0 Å². The molecule has 0 aliphatic heterocycles. The van der Waals surface area contributed by atoms with Crippen LogP contribution in [0.1, 0.15) is 17.0 Å². The number of aryl methyl sites for hydroxylation is 1. The van der Waals surface area contributed by atoms with Gasteiger partial charge < -0.3 is 15.8 Å². The molecule has 10 heteroatoms. The van der Waals surface area contributed by atoms with Gasteiger partial charge in [-0.2, -0.15) is 4.98 Å². The van der Waals surface area contributed by atoms with E-state index in [1.807, 2.05) is 0 Å². The molecule has 3 aromatic rings. The fraction of sp³-hybridized carbons (Fsp3) is 0.190. The van der Waals surface area contributed by atoms with E-state index >= 15 is 0 Å². The minimum Gasteiger partial charge on any atom is -0.472 e. The number of carbonyl (C=O) groups is 1. The van der Waals surface area contributed by atoms with Crippen LogP contribution in [0.3, 0.4) is 0 Å². The molecule has 0 radical (unpaired) electrons. The molecule has 3 N–H and O–H groups in total. The maximum Gasteiger partial charge on any atom is 0.276 e. The molecular formula is C21H19BrF2N4O3. The van der Waals surface area contributed by atoms with Gasteiger partial charge in [0.15, 0.2) is 0 Å². The number of hydrogen-bond donors (Lipinski definition) is 2. The summed E-state index contributed by atoms with van der Waals surface area (Å²) in [7, 11) is 0. The first-order valence-electron chi connectivity index (χ1n) is 9.22. The van der Waals surface area contributed by atoms with E-state index in [2.05, 4.69) is 26.2 Å². The van der Waals surface area contributed by atoms with Crippen LogP contribution in [-0.4, -0.2) is 22.0 Å². The summed E-state index contributed by atoms with van der Waals surface area (Å²) in [6.07, 6.45) is 0. The van der Waals surface area contributed by atoms with Gasteiger partial charge in [-0.25, -0.2) is 8.78 Å². The van der Waals surface area contributed by atoms with Crippen LogP contribution in [-0.2, 0) is 17.9 Å². The molecule has 1 amide bonds. The van der Waals surface area contributed by atoms with E-state index in [1.54, 1.807) is 31.2 Å². The van der Waals surface area contributed by atoms with Crippen molar-refractivity contribution in [3.05, 3.63) is 85.9 Å². The fourth-order valence-electron chi connectivity index (χ4n) is 2.85. The summed E-state index contributed by atoms with van der Waals surface area (Å²) in [5.74, 6) is -1.40. The molecule has 2 aromatic carbocycles. The highest BCUT2D eigenvalue weighted by atomic mass is 79.9. The number of ether oxygens (including phenoxy) is 1. The Morgan fingerprint density at radius 2 is 2.03 bits per heavy atom. The summed E-state index contributed by atoms with van der Waals surface area (Å²) in [6.45, 7) is 1.55. The Balaban J connectivity index is 1.86. The van der Waals surface area contributed by atoms with Crippen LogP contribution in [0.15, 0.2) is 51.7 Å². The number of nitrogens with one attached hydrogen (secondary N) is 1. The Morgan fingerprint density at radius 1 is 1.26 bits per heavy atom. The maximum atomic E-state index is 13.8. The molecule has 0 saturated carbocycles. The molecule has 0 atom stereocenters. The Bertz CT molecular complexity index is 1180. The highest BCUT2D eigenvalue weighted by Crippen LogP contribution is 2.22. The average Bonchev–Trinajstić information content (AvgIpc) is 2.75. The second-order valence-corrected chi connectivity index (χ2v) is 7.39. The Morgan fingerprint density at radius 3 is 2.74 bits per heavy atom. The standard InChI is InChI=1S/C21H19BrF2N4O3/c1-12-27-20(31-11-14-5-6-15(23)8-17(14)24)19(22)21(30)28(12)16-4-2-3-13(7-16)10-26-18(29)9-25/h2-8H,9-11,25H2,1H3,(H,26,29). The molecule has 0 saturated heterocycles. The molecule has 0 fully saturated rings. The normalized spacial score (nSPS) is 10.7. The molecule has 1 heterocycles. The van der Waals surface area contributed by atoms with Crippen molar-refractivity contribution in [2.24, 2.45) is 5.73 Å². The van der Waals surface area contributed by atoms with Gasteiger partial charge in [-0.05, 0) is 52.7 Å². The molecule has 7 nitrogen and oxygen atoms in total. The quantitative estimate of drug-likeness (QED) is 0.528. The van der Waals surface area contributed by atoms with E-state index in [9.17, 15) is 18.4 Å². The molecule has 31 heavy (non-hydrogen) atoms. The predicted octanol–water partition coefficient (Wildman–Crippen LogP) is 2.74. The summed E-state index contributed by atoms with van der Waals surface area (Å²) in [5, 5.41) is 2.67. The van der Waals surface area contributed by atoms with Crippen molar-refractivity contribution >= 4 is 21.8 Å². The van der Waals surface area contributed by atoms with E-state index < -0.39 is 17.2 Å². The molecule has 0 bridgehead atoms. The van der Waals surface area contributed by atoms with Gasteiger partial charge in [-0.1, -0.05) is 12.1 Å². The molecule has 3 rings (SSSR count). The molecule has 1 aromatic heterocycles. The van der Waals surface area contributed by atoms with E-state index in [0.29, 0.717) is 11.5 Å². The summed E-state index contributed by atoms with van der Waals surface area (Å²) in [4.78, 5) is 28.6. The molecule has 0 spiro atoms. The van der Waals surface area contributed by atoms with Crippen LogP contribution in [0, 0.1) is 18.6 Å². The zero-order valence-corrected chi connectivity index (χ0v) is 18.1. The summed E-state index contributed by atoms with van der Waals surface area (Å²) < 4.78 is 33.8. The lowest BCUT2D eigenvalue weighted by Crippen LogP contribution is -2.29. The highest BCUT2D eigenvalue weighted by Gasteiger charge is 2.16. The number of hydrogen-bond acceptors (Lipinski definition) is 5.